The number of ether oxygens (including phenoxy) is 3. The quantitative estimate of drug-likeness (QED) is 0.539. The third-order valence-electron chi connectivity index (χ3n) is 6.11. The van der Waals surface area contributed by atoms with Crippen molar-refractivity contribution in [3.05, 3.63) is 76.7 Å². The van der Waals surface area contributed by atoms with Crippen molar-refractivity contribution in [3.8, 4) is 11.5 Å². The highest BCUT2D eigenvalue weighted by molar-refractivity contribution is 7.15. The number of carbonyl (C=O) groups is 1. The van der Waals surface area contributed by atoms with Gasteiger partial charge in [-0.3, -0.25) is 14.1 Å². The van der Waals surface area contributed by atoms with Gasteiger partial charge in [-0.05, 0) is 29.8 Å². The summed E-state index contributed by atoms with van der Waals surface area (Å²) in [6, 6.07) is 5.13. The highest BCUT2D eigenvalue weighted by Gasteiger charge is 2.18. The van der Waals surface area contributed by atoms with Gasteiger partial charge < -0.3 is 19.5 Å². The van der Waals surface area contributed by atoms with Crippen LogP contribution in [0.25, 0.3) is 10.5 Å². The zero-order chi connectivity index (χ0) is 24.2. The second kappa shape index (κ2) is 10.5. The summed E-state index contributed by atoms with van der Waals surface area (Å²) in [4.78, 5) is 21.2. The predicted molar refractivity (Wildman–Crippen MR) is 136 cm³/mol. The summed E-state index contributed by atoms with van der Waals surface area (Å²) in [5.74, 6) is 0.894. The third-order valence-corrected chi connectivity index (χ3v) is 7.00. The molecule has 1 aliphatic carbocycles. The summed E-state index contributed by atoms with van der Waals surface area (Å²) in [5.41, 5.74) is 4.49. The van der Waals surface area contributed by atoms with E-state index in [2.05, 4.69) is 32.3 Å². The Hall–Kier alpha value is -3.40. The second-order valence-electron chi connectivity index (χ2n) is 8.36. The van der Waals surface area contributed by atoms with Crippen LogP contribution in [-0.2, 0) is 11.3 Å². The number of imidazole rings is 1. The molecule has 3 heterocycles. The number of rotatable bonds is 7. The van der Waals surface area contributed by atoms with Crippen molar-refractivity contribution >= 4 is 27.8 Å². The third kappa shape index (κ3) is 5.17. The van der Waals surface area contributed by atoms with Crippen LogP contribution in [0.3, 0.4) is 0 Å². The van der Waals surface area contributed by atoms with Gasteiger partial charge in [0.15, 0.2) is 16.5 Å². The smallest absolute Gasteiger partial charge is 0.255 e. The van der Waals surface area contributed by atoms with Gasteiger partial charge in [0.1, 0.15) is 0 Å². The van der Waals surface area contributed by atoms with Crippen LogP contribution < -0.4 is 14.8 Å². The summed E-state index contributed by atoms with van der Waals surface area (Å²) in [6.07, 6.45) is 10.5. The summed E-state index contributed by atoms with van der Waals surface area (Å²) < 4.78 is 18.2. The van der Waals surface area contributed by atoms with Crippen molar-refractivity contribution in [1.82, 2.24) is 19.6 Å². The fraction of sp³-hybridized carbons (Fsp3) is 0.308. The minimum absolute atomic E-state index is 0.203. The van der Waals surface area contributed by atoms with Crippen LogP contribution in [0.2, 0.25) is 0 Å². The Bertz CT molecular complexity index is 1310. The molecule has 8 nitrogen and oxygen atoms in total. The standard InChI is InChI=1S/C26H28N4O4S/c1-32-23-8-7-19(14-24(23)33-2)25(31)27-20-6-4-3-5-18(13-20)22-16-30-21(17-35-26(30)28-22)15-29-9-11-34-12-10-29/h3-8,14,16-17H,9-13,15H2,1-2H3,(H,27,31). The number of allylic oxidation sites excluding steroid dienone is 5. The van der Waals surface area contributed by atoms with Crippen LogP contribution in [0.4, 0.5) is 0 Å². The van der Waals surface area contributed by atoms with Crippen molar-refractivity contribution in [2.75, 3.05) is 40.5 Å². The highest BCUT2D eigenvalue weighted by atomic mass is 32.1. The van der Waals surface area contributed by atoms with Crippen molar-refractivity contribution in [2.45, 2.75) is 13.0 Å². The van der Waals surface area contributed by atoms with Gasteiger partial charge in [-0.1, -0.05) is 18.2 Å². The first kappa shape index (κ1) is 23.3. The van der Waals surface area contributed by atoms with Gasteiger partial charge in [0.25, 0.3) is 5.91 Å². The molecule has 1 N–H and O–H groups in total. The summed E-state index contributed by atoms with van der Waals surface area (Å²) >= 11 is 1.65. The van der Waals surface area contributed by atoms with Crippen LogP contribution in [0.5, 0.6) is 11.5 Å². The van der Waals surface area contributed by atoms with E-state index in [4.69, 9.17) is 19.2 Å². The average Bonchev–Trinajstić information content (AvgIpc) is 3.39. The lowest BCUT2D eigenvalue weighted by molar-refractivity contribution is 0.0336. The lowest BCUT2D eigenvalue weighted by Crippen LogP contribution is -2.35. The number of amides is 1. The first-order chi connectivity index (χ1) is 17.1. The number of fused-ring (bicyclic) bond motifs is 1. The van der Waals surface area contributed by atoms with Crippen molar-refractivity contribution in [3.63, 3.8) is 0 Å². The summed E-state index contributed by atoms with van der Waals surface area (Å²) in [6.45, 7) is 4.34. The Labute approximate surface area is 208 Å². The minimum Gasteiger partial charge on any atom is -0.493 e. The normalized spacial score (nSPS) is 16.5. The number of carbonyl (C=O) groups excluding carboxylic acids is 1. The average molecular weight is 493 g/mol. The van der Waals surface area contributed by atoms with Crippen LogP contribution in [0.15, 0.2) is 59.8 Å². The first-order valence-electron chi connectivity index (χ1n) is 11.5. The Kier molecular flexibility index (Phi) is 6.98. The van der Waals surface area contributed by atoms with E-state index >= 15 is 0 Å². The van der Waals surface area contributed by atoms with Gasteiger partial charge in [0.05, 0.1) is 33.1 Å². The number of nitrogens with zero attached hydrogens (tertiary/aromatic N) is 3. The Balaban J connectivity index is 1.30. The molecule has 5 rings (SSSR count). The van der Waals surface area contributed by atoms with Gasteiger partial charge in [0.2, 0.25) is 0 Å². The molecule has 0 unspecified atom stereocenters. The molecule has 1 aliphatic heterocycles. The number of hydrogen-bond donors (Lipinski definition) is 1. The number of benzene rings is 1. The molecule has 0 atom stereocenters. The molecule has 1 saturated heterocycles. The lowest BCUT2D eigenvalue weighted by Gasteiger charge is -2.26. The molecule has 0 spiro atoms. The number of nitrogens with one attached hydrogen (secondary N) is 1. The largest absolute Gasteiger partial charge is 0.493 e. The van der Waals surface area contributed by atoms with E-state index in [0.717, 1.165) is 54.8 Å². The van der Waals surface area contributed by atoms with E-state index in [1.165, 1.54) is 5.69 Å². The molecular formula is C26H28N4O4S. The van der Waals surface area contributed by atoms with Crippen LogP contribution >= 0.6 is 11.3 Å². The number of thiazole rings is 1. The molecule has 182 valence electrons. The SMILES string of the molecule is COc1ccc(C(=O)NC2=CC=CC=C(c3cn4c(CN5CCOCC5)csc4n3)C2)cc1OC. The fourth-order valence-electron chi connectivity index (χ4n) is 4.21. The van der Waals surface area contributed by atoms with E-state index in [0.29, 0.717) is 23.5 Å². The molecule has 35 heavy (non-hydrogen) atoms. The van der Waals surface area contributed by atoms with Crippen molar-refractivity contribution < 1.29 is 19.0 Å². The van der Waals surface area contributed by atoms with E-state index < -0.39 is 0 Å². The van der Waals surface area contributed by atoms with E-state index in [1.807, 2.05) is 18.2 Å². The van der Waals surface area contributed by atoms with Gasteiger partial charge in [-0.15, -0.1) is 11.3 Å². The summed E-state index contributed by atoms with van der Waals surface area (Å²) in [5, 5.41) is 5.22. The van der Waals surface area contributed by atoms with E-state index in [-0.39, 0.29) is 5.91 Å². The maximum atomic E-state index is 12.9. The number of hydrogen-bond acceptors (Lipinski definition) is 7. The molecule has 9 heteroatoms. The van der Waals surface area contributed by atoms with Gasteiger partial charge in [0, 0.05) is 54.6 Å². The molecular weight excluding hydrogens is 464 g/mol. The number of methoxy groups -OCH3 is 2. The maximum absolute atomic E-state index is 12.9. The maximum Gasteiger partial charge on any atom is 0.255 e. The minimum atomic E-state index is -0.203. The van der Waals surface area contributed by atoms with E-state index in [9.17, 15) is 4.79 Å². The predicted octanol–water partition coefficient (Wildman–Crippen LogP) is 3.90. The topological polar surface area (TPSA) is 77.3 Å². The van der Waals surface area contributed by atoms with Gasteiger partial charge in [-0.25, -0.2) is 4.98 Å². The van der Waals surface area contributed by atoms with Crippen LogP contribution in [0.1, 0.15) is 28.2 Å². The molecule has 0 saturated carbocycles. The molecule has 1 fully saturated rings. The Morgan fingerprint density at radius 3 is 2.74 bits per heavy atom. The molecule has 1 amide bonds. The molecule has 0 bridgehead atoms. The van der Waals surface area contributed by atoms with Crippen LogP contribution in [-0.4, -0.2) is 60.7 Å². The second-order valence-corrected chi connectivity index (χ2v) is 9.20. The summed E-state index contributed by atoms with van der Waals surface area (Å²) in [7, 11) is 3.12. The molecule has 2 aromatic heterocycles. The van der Waals surface area contributed by atoms with E-state index in [1.54, 1.807) is 43.8 Å². The van der Waals surface area contributed by atoms with Crippen LogP contribution in [0, 0.1) is 0 Å². The van der Waals surface area contributed by atoms with Crippen molar-refractivity contribution in [2.24, 2.45) is 0 Å². The van der Waals surface area contributed by atoms with Gasteiger partial charge in [-0.2, -0.15) is 0 Å². The van der Waals surface area contributed by atoms with Crippen molar-refractivity contribution in [1.29, 1.82) is 0 Å². The molecule has 2 aliphatic rings. The Morgan fingerprint density at radius 2 is 1.94 bits per heavy atom. The molecule has 1 aromatic carbocycles. The first-order valence-corrected chi connectivity index (χ1v) is 12.4. The van der Waals surface area contributed by atoms with Gasteiger partial charge >= 0.3 is 0 Å². The number of aromatic nitrogens is 2. The highest BCUT2D eigenvalue weighted by Crippen LogP contribution is 2.29. The monoisotopic (exact) mass is 492 g/mol. The zero-order valence-electron chi connectivity index (χ0n) is 19.8. The zero-order valence-corrected chi connectivity index (χ0v) is 20.6. The lowest BCUT2D eigenvalue weighted by atomic mass is 10.1. The Morgan fingerprint density at radius 1 is 1.14 bits per heavy atom. The fourth-order valence-corrected chi connectivity index (χ4v) is 5.07. The molecule has 3 aromatic rings. The number of morpholine rings is 1. The molecule has 0 radical (unpaired) electrons.